The molecule has 0 aromatic heterocycles. The molecule has 0 amide bonds. The van der Waals surface area contributed by atoms with Crippen LogP contribution in [-0.2, 0) is 9.84 Å². The summed E-state index contributed by atoms with van der Waals surface area (Å²) >= 11 is 0. The zero-order valence-corrected chi connectivity index (χ0v) is 7.87. The molecule has 0 unspecified atom stereocenters. The van der Waals surface area contributed by atoms with Crippen molar-refractivity contribution in [2.24, 2.45) is 0 Å². The molecule has 0 aromatic rings. The van der Waals surface area contributed by atoms with Gasteiger partial charge in [0, 0.05) is 6.54 Å². The third-order valence-electron chi connectivity index (χ3n) is 2.29. The van der Waals surface area contributed by atoms with Crippen LogP contribution in [0.3, 0.4) is 0 Å². The normalized spacial score (nSPS) is 29.3. The van der Waals surface area contributed by atoms with E-state index in [2.05, 4.69) is 5.32 Å². The Morgan fingerprint density at radius 3 is 2.55 bits per heavy atom. The molecule has 1 saturated heterocycles. The molecule has 0 atom stereocenters. The smallest absolute Gasteiger partial charge is 0.156 e. The molecule has 3 nitrogen and oxygen atoms in total. The van der Waals surface area contributed by atoms with E-state index in [0.29, 0.717) is 6.54 Å². The molecule has 1 N–H and O–H groups in total. The van der Waals surface area contributed by atoms with Gasteiger partial charge in [0.15, 0.2) is 9.84 Å². The van der Waals surface area contributed by atoms with E-state index in [9.17, 15) is 8.42 Å². The Labute approximate surface area is 68.1 Å². The highest BCUT2D eigenvalue weighted by Gasteiger charge is 2.34. The van der Waals surface area contributed by atoms with Gasteiger partial charge in [-0.3, -0.25) is 0 Å². The van der Waals surface area contributed by atoms with Crippen LogP contribution in [0.4, 0.5) is 0 Å². The topological polar surface area (TPSA) is 46.2 Å². The maximum Gasteiger partial charge on any atom is 0.156 e. The van der Waals surface area contributed by atoms with Gasteiger partial charge in [-0.25, -0.2) is 8.42 Å². The van der Waals surface area contributed by atoms with E-state index < -0.39 is 14.6 Å². The maximum absolute atomic E-state index is 11.5. The van der Waals surface area contributed by atoms with Crippen molar-refractivity contribution in [3.63, 3.8) is 0 Å². The summed E-state index contributed by atoms with van der Waals surface area (Å²) in [5, 5.41) is 3.08. The van der Waals surface area contributed by atoms with Crippen LogP contribution in [0.15, 0.2) is 0 Å². The van der Waals surface area contributed by atoms with E-state index in [4.69, 9.17) is 0 Å². The summed E-state index contributed by atoms with van der Waals surface area (Å²) < 4.78 is 22.4. The lowest BCUT2D eigenvalue weighted by Gasteiger charge is -2.21. The fourth-order valence-corrected chi connectivity index (χ4v) is 2.53. The third-order valence-corrected chi connectivity index (χ3v) is 4.92. The molecule has 0 aliphatic carbocycles. The Bertz CT molecular complexity index is 231. The van der Waals surface area contributed by atoms with E-state index in [-0.39, 0.29) is 5.75 Å². The standard InChI is InChI=1S/C7H15NO2S/c1-7(2)3-4-8-5-6-11(7,9)10/h8H,3-6H2,1-2H3. The van der Waals surface area contributed by atoms with Gasteiger partial charge in [-0.2, -0.15) is 0 Å². The molecule has 0 spiro atoms. The zero-order valence-electron chi connectivity index (χ0n) is 7.05. The van der Waals surface area contributed by atoms with Crippen molar-refractivity contribution in [1.82, 2.24) is 5.32 Å². The Balaban J connectivity index is 2.91. The van der Waals surface area contributed by atoms with Gasteiger partial charge in [-0.1, -0.05) is 0 Å². The van der Waals surface area contributed by atoms with Crippen molar-refractivity contribution in [2.75, 3.05) is 18.8 Å². The first kappa shape index (κ1) is 9.00. The predicted molar refractivity (Wildman–Crippen MR) is 45.4 cm³/mol. The Morgan fingerprint density at radius 2 is 1.91 bits per heavy atom. The lowest BCUT2D eigenvalue weighted by molar-refractivity contribution is 0.533. The average molecular weight is 177 g/mol. The summed E-state index contributed by atoms with van der Waals surface area (Å²) in [4.78, 5) is 0. The Hall–Kier alpha value is -0.0900. The molecule has 1 aliphatic rings. The summed E-state index contributed by atoms with van der Waals surface area (Å²) in [6.07, 6.45) is 0.718. The minimum Gasteiger partial charge on any atom is -0.316 e. The van der Waals surface area contributed by atoms with Crippen molar-refractivity contribution < 1.29 is 8.42 Å². The van der Waals surface area contributed by atoms with Crippen LogP contribution in [0.2, 0.25) is 0 Å². The van der Waals surface area contributed by atoms with E-state index in [1.54, 1.807) is 13.8 Å². The van der Waals surface area contributed by atoms with Crippen molar-refractivity contribution in [3.05, 3.63) is 0 Å². The molecule has 0 aromatic carbocycles. The molecule has 1 heterocycles. The van der Waals surface area contributed by atoms with Gasteiger partial charge in [-0.05, 0) is 26.8 Å². The van der Waals surface area contributed by atoms with Gasteiger partial charge in [0.2, 0.25) is 0 Å². The molecule has 0 radical (unpaired) electrons. The molecule has 66 valence electrons. The van der Waals surface area contributed by atoms with Crippen molar-refractivity contribution in [1.29, 1.82) is 0 Å². The maximum atomic E-state index is 11.5. The van der Waals surface area contributed by atoms with E-state index in [0.717, 1.165) is 13.0 Å². The second-order valence-electron chi connectivity index (χ2n) is 3.58. The summed E-state index contributed by atoms with van der Waals surface area (Å²) in [7, 11) is -2.86. The summed E-state index contributed by atoms with van der Waals surface area (Å²) in [6, 6.07) is 0. The van der Waals surface area contributed by atoms with Crippen LogP contribution < -0.4 is 5.32 Å². The van der Waals surface area contributed by atoms with E-state index >= 15 is 0 Å². The van der Waals surface area contributed by atoms with Crippen LogP contribution >= 0.6 is 0 Å². The number of sulfone groups is 1. The first-order chi connectivity index (χ1) is 4.96. The van der Waals surface area contributed by atoms with E-state index in [1.165, 1.54) is 0 Å². The van der Waals surface area contributed by atoms with Crippen LogP contribution in [0, 0.1) is 0 Å². The molecule has 1 aliphatic heterocycles. The predicted octanol–water partition coefficient (Wildman–Crippen LogP) is 0.173. The van der Waals surface area contributed by atoms with Gasteiger partial charge in [0.25, 0.3) is 0 Å². The molecular weight excluding hydrogens is 162 g/mol. The first-order valence-corrected chi connectivity index (χ1v) is 5.54. The van der Waals surface area contributed by atoms with Crippen LogP contribution in [0.25, 0.3) is 0 Å². The largest absolute Gasteiger partial charge is 0.316 e. The highest BCUT2D eigenvalue weighted by molar-refractivity contribution is 7.92. The molecular formula is C7H15NO2S. The highest BCUT2D eigenvalue weighted by atomic mass is 32.2. The molecule has 0 bridgehead atoms. The van der Waals surface area contributed by atoms with Gasteiger partial charge >= 0.3 is 0 Å². The minimum atomic E-state index is -2.86. The molecule has 0 saturated carbocycles. The second-order valence-corrected chi connectivity index (χ2v) is 6.32. The molecule has 1 rings (SSSR count). The fourth-order valence-electron chi connectivity index (χ4n) is 1.15. The average Bonchev–Trinajstić information content (AvgIpc) is 1.94. The van der Waals surface area contributed by atoms with Crippen LogP contribution in [0.1, 0.15) is 20.3 Å². The number of hydrogen-bond acceptors (Lipinski definition) is 3. The van der Waals surface area contributed by atoms with Crippen molar-refractivity contribution in [3.8, 4) is 0 Å². The van der Waals surface area contributed by atoms with Gasteiger partial charge in [-0.15, -0.1) is 0 Å². The van der Waals surface area contributed by atoms with Gasteiger partial charge in [0.1, 0.15) is 0 Å². The Morgan fingerprint density at radius 1 is 1.27 bits per heavy atom. The second kappa shape index (κ2) is 2.75. The van der Waals surface area contributed by atoms with Crippen LogP contribution in [-0.4, -0.2) is 32.0 Å². The molecule has 11 heavy (non-hydrogen) atoms. The highest BCUT2D eigenvalue weighted by Crippen LogP contribution is 2.22. The SMILES string of the molecule is CC1(C)CCNCCS1(=O)=O. The summed E-state index contributed by atoms with van der Waals surface area (Å²) in [5.74, 6) is 0.278. The third kappa shape index (κ3) is 1.73. The number of rotatable bonds is 0. The van der Waals surface area contributed by atoms with Gasteiger partial charge in [0.05, 0.1) is 10.5 Å². The molecule has 4 heteroatoms. The first-order valence-electron chi connectivity index (χ1n) is 3.89. The van der Waals surface area contributed by atoms with Crippen molar-refractivity contribution in [2.45, 2.75) is 25.0 Å². The lowest BCUT2D eigenvalue weighted by atomic mass is 10.1. The summed E-state index contributed by atoms with van der Waals surface area (Å²) in [6.45, 7) is 5.02. The Kier molecular flexibility index (Phi) is 2.25. The lowest BCUT2D eigenvalue weighted by Crippen LogP contribution is -2.33. The minimum absolute atomic E-state index is 0.278. The van der Waals surface area contributed by atoms with E-state index in [1.807, 2.05) is 0 Å². The van der Waals surface area contributed by atoms with Crippen LogP contribution in [0.5, 0.6) is 0 Å². The number of nitrogens with one attached hydrogen (secondary N) is 1. The van der Waals surface area contributed by atoms with Crippen molar-refractivity contribution >= 4 is 9.84 Å². The zero-order chi connectivity index (χ0) is 8.54. The number of hydrogen-bond donors (Lipinski definition) is 1. The quantitative estimate of drug-likeness (QED) is 0.574. The monoisotopic (exact) mass is 177 g/mol. The fraction of sp³-hybridized carbons (Fsp3) is 1.00. The molecule has 1 fully saturated rings. The van der Waals surface area contributed by atoms with Gasteiger partial charge < -0.3 is 5.32 Å². The summed E-state index contributed by atoms with van der Waals surface area (Å²) in [5.41, 5.74) is 0.